The maximum Gasteiger partial charge on any atom is 0.0195 e. The van der Waals surface area contributed by atoms with Crippen LogP contribution in [0.3, 0.4) is 0 Å². The second kappa shape index (κ2) is 9.17. The summed E-state index contributed by atoms with van der Waals surface area (Å²) in [6.07, 6.45) is 4.01. The van der Waals surface area contributed by atoms with Gasteiger partial charge in [0, 0.05) is 18.6 Å². The van der Waals surface area contributed by atoms with Crippen molar-refractivity contribution in [3.05, 3.63) is 0 Å². The molecule has 0 aromatic carbocycles. The van der Waals surface area contributed by atoms with Crippen molar-refractivity contribution >= 4 is 0 Å². The molecule has 0 aliphatic heterocycles. The fraction of sp³-hybridized carbons (Fsp3) is 1.00. The number of nitrogens with zero attached hydrogens (tertiary/aromatic N) is 1. The number of hydrogen-bond donors (Lipinski definition) is 1. The molecule has 2 nitrogen and oxygen atoms in total. The van der Waals surface area contributed by atoms with Gasteiger partial charge in [0.1, 0.15) is 0 Å². The van der Waals surface area contributed by atoms with E-state index in [1.54, 1.807) is 0 Å². The summed E-state index contributed by atoms with van der Waals surface area (Å²) in [5.74, 6) is 0. The molecule has 1 N–H and O–H groups in total. The van der Waals surface area contributed by atoms with Crippen LogP contribution in [0.5, 0.6) is 0 Å². The monoisotopic (exact) mass is 214 g/mol. The number of hydrogen-bond acceptors (Lipinski definition) is 2. The molecule has 0 aromatic heterocycles. The van der Waals surface area contributed by atoms with E-state index in [9.17, 15) is 0 Å². The molecule has 0 aliphatic carbocycles. The van der Waals surface area contributed by atoms with Crippen LogP contribution >= 0.6 is 0 Å². The predicted molar refractivity (Wildman–Crippen MR) is 69.4 cm³/mol. The predicted octanol–water partition coefficient (Wildman–Crippen LogP) is 2.89. The van der Waals surface area contributed by atoms with Crippen molar-refractivity contribution < 1.29 is 0 Å². The van der Waals surface area contributed by atoms with Crippen LogP contribution in [0.25, 0.3) is 0 Å². The van der Waals surface area contributed by atoms with Gasteiger partial charge in [0.2, 0.25) is 0 Å². The zero-order chi connectivity index (χ0) is 11.7. The topological polar surface area (TPSA) is 15.3 Å². The van der Waals surface area contributed by atoms with Crippen LogP contribution in [-0.2, 0) is 0 Å². The van der Waals surface area contributed by atoms with Crippen LogP contribution in [0.4, 0.5) is 0 Å². The van der Waals surface area contributed by atoms with Gasteiger partial charge in [-0.2, -0.15) is 0 Å². The Morgan fingerprint density at radius 3 is 2.20 bits per heavy atom. The molecule has 15 heavy (non-hydrogen) atoms. The number of nitrogens with one attached hydrogen (secondary N) is 1. The van der Waals surface area contributed by atoms with Crippen molar-refractivity contribution in [2.75, 3.05) is 19.6 Å². The summed E-state index contributed by atoms with van der Waals surface area (Å²) in [7, 11) is 0. The van der Waals surface area contributed by atoms with E-state index in [0.717, 1.165) is 13.1 Å². The lowest BCUT2D eigenvalue weighted by Crippen LogP contribution is -2.44. The average molecular weight is 214 g/mol. The van der Waals surface area contributed by atoms with Crippen molar-refractivity contribution in [1.82, 2.24) is 10.2 Å². The minimum atomic E-state index is 0.654. The number of unbranched alkanes of at least 4 members (excludes halogenated alkanes) is 2. The van der Waals surface area contributed by atoms with E-state index in [0.29, 0.717) is 12.1 Å². The van der Waals surface area contributed by atoms with Crippen LogP contribution in [0, 0.1) is 0 Å². The zero-order valence-corrected chi connectivity index (χ0v) is 11.3. The highest BCUT2D eigenvalue weighted by Crippen LogP contribution is 2.07. The summed E-state index contributed by atoms with van der Waals surface area (Å²) in [4.78, 5) is 2.61. The summed E-state index contributed by atoms with van der Waals surface area (Å²) in [5, 5.41) is 3.43. The molecule has 0 saturated carbocycles. The average Bonchev–Trinajstić information content (AvgIpc) is 2.20. The van der Waals surface area contributed by atoms with Gasteiger partial charge < -0.3 is 5.32 Å². The Balaban J connectivity index is 3.89. The highest BCUT2D eigenvalue weighted by atomic mass is 15.2. The normalized spacial score (nSPS) is 13.8. The van der Waals surface area contributed by atoms with Gasteiger partial charge in [0.25, 0.3) is 0 Å². The van der Waals surface area contributed by atoms with Gasteiger partial charge >= 0.3 is 0 Å². The molecule has 0 saturated heterocycles. The van der Waals surface area contributed by atoms with E-state index in [-0.39, 0.29) is 0 Å². The highest BCUT2D eigenvalue weighted by Gasteiger charge is 2.15. The molecule has 0 heterocycles. The summed E-state index contributed by atoms with van der Waals surface area (Å²) in [6, 6.07) is 1.32. The molecule has 0 spiro atoms. The van der Waals surface area contributed by atoms with Crippen LogP contribution in [0.1, 0.15) is 53.9 Å². The molecule has 0 radical (unpaired) electrons. The minimum Gasteiger partial charge on any atom is -0.315 e. The molecule has 2 heteroatoms. The van der Waals surface area contributed by atoms with Crippen molar-refractivity contribution in [2.45, 2.75) is 66.0 Å². The number of likely N-dealkylation sites (N-methyl/N-ethyl adjacent to an activating group) is 1. The molecule has 0 aromatic rings. The van der Waals surface area contributed by atoms with Crippen molar-refractivity contribution in [3.63, 3.8) is 0 Å². The van der Waals surface area contributed by atoms with Gasteiger partial charge in [-0.25, -0.2) is 0 Å². The summed E-state index contributed by atoms with van der Waals surface area (Å²) < 4.78 is 0. The Morgan fingerprint density at radius 2 is 1.73 bits per heavy atom. The van der Waals surface area contributed by atoms with Crippen molar-refractivity contribution in [3.8, 4) is 0 Å². The quantitative estimate of drug-likeness (QED) is 0.594. The highest BCUT2D eigenvalue weighted by molar-refractivity contribution is 4.72. The third-order valence-corrected chi connectivity index (χ3v) is 2.94. The molecule has 1 unspecified atom stereocenters. The Bertz CT molecular complexity index is 134. The van der Waals surface area contributed by atoms with Gasteiger partial charge in [-0.05, 0) is 40.3 Å². The van der Waals surface area contributed by atoms with Crippen molar-refractivity contribution in [1.29, 1.82) is 0 Å². The second-order valence-corrected chi connectivity index (χ2v) is 4.70. The lowest BCUT2D eigenvalue weighted by Gasteiger charge is -2.33. The maximum absolute atomic E-state index is 3.43. The van der Waals surface area contributed by atoms with Crippen LogP contribution in [0.15, 0.2) is 0 Å². The van der Waals surface area contributed by atoms with Crippen LogP contribution in [0.2, 0.25) is 0 Å². The van der Waals surface area contributed by atoms with Crippen LogP contribution in [-0.4, -0.2) is 36.6 Å². The molecular formula is C13H30N2. The number of rotatable bonds is 9. The maximum atomic E-state index is 3.43. The summed E-state index contributed by atoms with van der Waals surface area (Å²) in [5.41, 5.74) is 0. The summed E-state index contributed by atoms with van der Waals surface area (Å²) >= 11 is 0. The standard InChI is InChI=1S/C13H30N2/c1-6-8-9-10-15(12(3)4)13(5)11-14-7-2/h12-14H,6-11H2,1-5H3. The molecule has 0 amide bonds. The molecule has 0 aliphatic rings. The molecule has 0 rings (SSSR count). The van der Waals surface area contributed by atoms with Crippen LogP contribution < -0.4 is 5.32 Å². The first-order valence-corrected chi connectivity index (χ1v) is 6.59. The SMILES string of the molecule is CCCCCN(C(C)C)C(C)CNCC. The molecule has 0 bridgehead atoms. The fourth-order valence-electron chi connectivity index (χ4n) is 2.00. The van der Waals surface area contributed by atoms with Gasteiger partial charge in [-0.15, -0.1) is 0 Å². The van der Waals surface area contributed by atoms with Gasteiger partial charge in [-0.3, -0.25) is 4.90 Å². The third-order valence-electron chi connectivity index (χ3n) is 2.94. The van der Waals surface area contributed by atoms with E-state index in [1.165, 1.54) is 25.8 Å². The molecular weight excluding hydrogens is 184 g/mol. The van der Waals surface area contributed by atoms with E-state index < -0.39 is 0 Å². The van der Waals surface area contributed by atoms with E-state index >= 15 is 0 Å². The summed E-state index contributed by atoms with van der Waals surface area (Å²) in [6.45, 7) is 14.8. The zero-order valence-electron chi connectivity index (χ0n) is 11.3. The first-order chi connectivity index (χ1) is 7.13. The smallest absolute Gasteiger partial charge is 0.0195 e. The Kier molecular flexibility index (Phi) is 9.12. The Hall–Kier alpha value is -0.0800. The molecule has 1 atom stereocenters. The van der Waals surface area contributed by atoms with E-state index in [1.807, 2.05) is 0 Å². The Labute approximate surface area is 96.4 Å². The first kappa shape index (κ1) is 14.9. The first-order valence-electron chi connectivity index (χ1n) is 6.59. The Morgan fingerprint density at radius 1 is 1.07 bits per heavy atom. The van der Waals surface area contributed by atoms with Gasteiger partial charge in [0.15, 0.2) is 0 Å². The fourth-order valence-corrected chi connectivity index (χ4v) is 2.00. The second-order valence-electron chi connectivity index (χ2n) is 4.70. The minimum absolute atomic E-state index is 0.654. The largest absolute Gasteiger partial charge is 0.315 e. The molecule has 92 valence electrons. The van der Waals surface area contributed by atoms with E-state index in [2.05, 4.69) is 44.8 Å². The lowest BCUT2D eigenvalue weighted by atomic mass is 10.1. The van der Waals surface area contributed by atoms with E-state index in [4.69, 9.17) is 0 Å². The van der Waals surface area contributed by atoms with Gasteiger partial charge in [0.05, 0.1) is 0 Å². The third kappa shape index (κ3) is 6.91. The van der Waals surface area contributed by atoms with Crippen molar-refractivity contribution in [2.24, 2.45) is 0 Å². The van der Waals surface area contributed by atoms with Gasteiger partial charge in [-0.1, -0.05) is 26.7 Å². The molecule has 0 fully saturated rings. The lowest BCUT2D eigenvalue weighted by molar-refractivity contribution is 0.158.